The van der Waals surface area contributed by atoms with E-state index in [0.717, 1.165) is 16.7 Å². The molecule has 1 saturated heterocycles. The summed E-state index contributed by atoms with van der Waals surface area (Å²) in [5.74, 6) is 0.0335. The highest BCUT2D eigenvalue weighted by Crippen LogP contribution is 2.27. The Morgan fingerprint density at radius 1 is 1.00 bits per heavy atom. The molecule has 0 spiro atoms. The lowest BCUT2D eigenvalue weighted by atomic mass is 9.98. The van der Waals surface area contributed by atoms with Crippen LogP contribution in [0, 0.1) is 19.8 Å². The summed E-state index contributed by atoms with van der Waals surface area (Å²) < 4.78 is 32.1. The highest BCUT2D eigenvalue weighted by atomic mass is 32.2. The average molecular weight is 400 g/mol. The summed E-state index contributed by atoms with van der Waals surface area (Å²) in [4.78, 5) is 12.5. The molecule has 0 aromatic heterocycles. The second-order valence-corrected chi connectivity index (χ2v) is 8.89. The van der Waals surface area contributed by atoms with Crippen molar-refractivity contribution in [2.24, 2.45) is 5.92 Å². The zero-order chi connectivity index (χ0) is 20.1. The van der Waals surface area contributed by atoms with Gasteiger partial charge in [-0.3, -0.25) is 4.79 Å². The number of rotatable bonds is 5. The van der Waals surface area contributed by atoms with Crippen LogP contribution in [-0.4, -0.2) is 31.8 Å². The number of aryl methyl sites for hydroxylation is 2. The molecule has 5 nitrogen and oxygen atoms in total. The molecule has 1 aliphatic rings. The Hall–Kier alpha value is -2.44. The first-order valence-electron chi connectivity index (χ1n) is 9.38. The normalized spacial score (nSPS) is 16.4. The molecule has 0 amide bonds. The monoisotopic (exact) mass is 399 g/mol. The number of carbonyl (C=O) groups excluding carboxylic acids is 1. The third-order valence-electron chi connectivity index (χ3n) is 4.99. The molecule has 0 saturated carbocycles. The highest BCUT2D eigenvalue weighted by Gasteiger charge is 2.31. The van der Waals surface area contributed by atoms with Gasteiger partial charge in [0.15, 0.2) is 0 Å². The van der Waals surface area contributed by atoms with Crippen molar-refractivity contribution in [1.82, 2.24) is 4.31 Å². The summed E-state index contributed by atoms with van der Waals surface area (Å²) in [6, 6.07) is 15.0. The largest absolute Gasteiger partial charge is 0.426 e. The Bertz CT molecular complexity index is 939. The molecule has 148 valence electrons. The zero-order valence-electron chi connectivity index (χ0n) is 16.2. The zero-order valence-corrected chi connectivity index (χ0v) is 17.0. The van der Waals surface area contributed by atoms with E-state index in [0.29, 0.717) is 31.7 Å². The Morgan fingerprint density at radius 2 is 1.61 bits per heavy atom. The smallest absolute Gasteiger partial charge is 0.314 e. The summed E-state index contributed by atoms with van der Waals surface area (Å²) in [7, 11) is -3.50. The van der Waals surface area contributed by atoms with Crippen LogP contribution in [0.2, 0.25) is 0 Å². The second kappa shape index (κ2) is 8.71. The van der Waals surface area contributed by atoms with Gasteiger partial charge in [-0.1, -0.05) is 48.5 Å². The van der Waals surface area contributed by atoms with Crippen molar-refractivity contribution in [1.29, 1.82) is 0 Å². The van der Waals surface area contributed by atoms with Gasteiger partial charge in [-0.05, 0) is 49.5 Å². The second-order valence-electron chi connectivity index (χ2n) is 7.07. The van der Waals surface area contributed by atoms with E-state index in [9.17, 15) is 13.2 Å². The van der Waals surface area contributed by atoms with Crippen molar-refractivity contribution in [2.45, 2.75) is 26.7 Å². The molecule has 0 unspecified atom stereocenters. The first-order chi connectivity index (χ1) is 13.4. The molecular formula is C22H25NO4S. The third kappa shape index (κ3) is 4.88. The molecule has 0 radical (unpaired) electrons. The van der Waals surface area contributed by atoms with Gasteiger partial charge in [-0.25, -0.2) is 8.42 Å². The molecule has 28 heavy (non-hydrogen) atoms. The summed E-state index contributed by atoms with van der Waals surface area (Å²) in [6.45, 7) is 4.44. The molecular weight excluding hydrogens is 374 g/mol. The molecule has 6 heteroatoms. The fraction of sp³-hybridized carbons (Fsp3) is 0.318. The van der Waals surface area contributed by atoms with Gasteiger partial charge in [0, 0.05) is 18.5 Å². The molecule has 2 aromatic rings. The summed E-state index contributed by atoms with van der Waals surface area (Å²) in [5, 5.41) is 1.23. The number of piperidine rings is 1. The van der Waals surface area contributed by atoms with E-state index in [1.165, 1.54) is 9.71 Å². The van der Waals surface area contributed by atoms with Gasteiger partial charge >= 0.3 is 5.97 Å². The van der Waals surface area contributed by atoms with E-state index in [2.05, 4.69) is 0 Å². The van der Waals surface area contributed by atoms with Crippen LogP contribution in [0.15, 0.2) is 53.9 Å². The number of para-hydroxylation sites is 1. The predicted octanol–water partition coefficient (Wildman–Crippen LogP) is 3.92. The van der Waals surface area contributed by atoms with Crippen molar-refractivity contribution < 1.29 is 17.9 Å². The van der Waals surface area contributed by atoms with Crippen molar-refractivity contribution in [3.05, 3.63) is 70.6 Å². The fourth-order valence-electron chi connectivity index (χ4n) is 3.30. The van der Waals surface area contributed by atoms with Crippen molar-refractivity contribution >= 4 is 22.1 Å². The maximum absolute atomic E-state index is 12.5. The number of carbonyl (C=O) groups is 1. The van der Waals surface area contributed by atoms with Crippen LogP contribution in [0.3, 0.4) is 0 Å². The Morgan fingerprint density at radius 3 is 2.21 bits per heavy atom. The minimum Gasteiger partial charge on any atom is -0.426 e. The number of benzene rings is 2. The summed E-state index contributed by atoms with van der Waals surface area (Å²) in [6.07, 6.45) is 2.51. The van der Waals surface area contributed by atoms with Crippen LogP contribution in [-0.2, 0) is 14.8 Å². The van der Waals surface area contributed by atoms with Gasteiger partial charge in [0.1, 0.15) is 5.75 Å². The SMILES string of the molecule is Cc1cccc(C)c1OC(=O)C1CCN(S(=O)(=O)/C=C/c2ccccc2)CC1. The molecule has 0 N–H and O–H groups in total. The predicted molar refractivity (Wildman–Crippen MR) is 110 cm³/mol. The van der Waals surface area contributed by atoms with Crippen molar-refractivity contribution in [3.8, 4) is 5.75 Å². The summed E-state index contributed by atoms with van der Waals surface area (Å²) in [5.41, 5.74) is 2.66. The maximum Gasteiger partial charge on any atom is 0.314 e. The third-order valence-corrected chi connectivity index (χ3v) is 6.56. The van der Waals surface area contributed by atoms with Crippen LogP contribution in [0.25, 0.3) is 6.08 Å². The van der Waals surface area contributed by atoms with Gasteiger partial charge in [-0.15, -0.1) is 0 Å². The average Bonchev–Trinajstić information content (AvgIpc) is 2.70. The molecule has 3 rings (SSSR count). The molecule has 0 bridgehead atoms. The van der Waals surface area contributed by atoms with Gasteiger partial charge in [0.25, 0.3) is 0 Å². The minimum atomic E-state index is -3.50. The number of hydrogen-bond acceptors (Lipinski definition) is 4. The highest BCUT2D eigenvalue weighted by molar-refractivity contribution is 7.92. The van der Waals surface area contributed by atoms with E-state index in [1.807, 2.05) is 62.4 Å². The lowest BCUT2D eigenvalue weighted by molar-refractivity contribution is -0.140. The van der Waals surface area contributed by atoms with E-state index in [-0.39, 0.29) is 11.9 Å². The van der Waals surface area contributed by atoms with Gasteiger partial charge in [0.05, 0.1) is 5.92 Å². The van der Waals surface area contributed by atoms with Gasteiger partial charge < -0.3 is 4.74 Å². The standard InChI is InChI=1S/C22H25NO4S/c1-17-7-6-8-18(2)21(17)27-22(24)20-11-14-23(15-12-20)28(25,26)16-13-19-9-4-3-5-10-19/h3-10,13,16,20H,11-12,14-15H2,1-2H3/b16-13+. The summed E-state index contributed by atoms with van der Waals surface area (Å²) >= 11 is 0. The van der Waals surface area contributed by atoms with E-state index >= 15 is 0 Å². The van der Waals surface area contributed by atoms with Crippen LogP contribution in [0.4, 0.5) is 0 Å². The van der Waals surface area contributed by atoms with E-state index < -0.39 is 10.0 Å². The molecule has 2 aromatic carbocycles. The van der Waals surface area contributed by atoms with Crippen molar-refractivity contribution in [3.63, 3.8) is 0 Å². The number of nitrogens with zero attached hydrogens (tertiary/aromatic N) is 1. The number of sulfonamides is 1. The lowest BCUT2D eigenvalue weighted by Gasteiger charge is -2.29. The lowest BCUT2D eigenvalue weighted by Crippen LogP contribution is -2.40. The number of hydrogen-bond donors (Lipinski definition) is 0. The fourth-order valence-corrected chi connectivity index (χ4v) is 4.53. The van der Waals surface area contributed by atoms with Crippen LogP contribution in [0.1, 0.15) is 29.5 Å². The first kappa shape index (κ1) is 20.3. The Kier molecular flexibility index (Phi) is 6.31. The van der Waals surface area contributed by atoms with Crippen LogP contribution in [0.5, 0.6) is 5.75 Å². The molecule has 1 heterocycles. The minimum absolute atomic E-state index is 0.283. The van der Waals surface area contributed by atoms with Gasteiger partial charge in [0.2, 0.25) is 10.0 Å². The van der Waals surface area contributed by atoms with E-state index in [4.69, 9.17) is 4.74 Å². The molecule has 1 fully saturated rings. The van der Waals surface area contributed by atoms with Crippen LogP contribution >= 0.6 is 0 Å². The Labute approximate surface area is 166 Å². The van der Waals surface area contributed by atoms with Gasteiger partial charge in [-0.2, -0.15) is 4.31 Å². The quantitative estimate of drug-likeness (QED) is 0.565. The Balaban J connectivity index is 1.59. The molecule has 0 aliphatic carbocycles. The molecule has 1 aliphatic heterocycles. The maximum atomic E-state index is 12.5. The van der Waals surface area contributed by atoms with Crippen molar-refractivity contribution in [2.75, 3.05) is 13.1 Å². The topological polar surface area (TPSA) is 63.7 Å². The first-order valence-corrected chi connectivity index (χ1v) is 10.9. The van der Waals surface area contributed by atoms with Crippen LogP contribution < -0.4 is 4.74 Å². The number of esters is 1. The van der Waals surface area contributed by atoms with E-state index in [1.54, 1.807) is 6.08 Å². The molecule has 0 atom stereocenters. The number of ether oxygens (including phenoxy) is 1.